The molecule has 0 saturated carbocycles. The summed E-state index contributed by atoms with van der Waals surface area (Å²) < 4.78 is 6.97. The molecule has 0 N–H and O–H groups in total. The van der Waals surface area contributed by atoms with Crippen molar-refractivity contribution in [2.75, 3.05) is 7.11 Å². The number of aryl methyl sites for hydroxylation is 1. The number of Topliss-reactive ketones (excluding diaryl/α,β-unsaturated/α-hetero) is 1. The summed E-state index contributed by atoms with van der Waals surface area (Å²) in [6.45, 7) is 1.99. The normalized spacial score (nSPS) is 10.8. The van der Waals surface area contributed by atoms with Gasteiger partial charge in [-0.25, -0.2) is 4.52 Å². The molecule has 0 amide bonds. The fourth-order valence-corrected chi connectivity index (χ4v) is 2.36. The third-order valence-electron chi connectivity index (χ3n) is 3.41. The lowest BCUT2D eigenvalue weighted by Crippen LogP contribution is -2.05. The minimum atomic E-state index is 0.00176. The van der Waals surface area contributed by atoms with Gasteiger partial charge < -0.3 is 4.74 Å². The number of benzene rings is 1. The van der Waals surface area contributed by atoms with E-state index >= 15 is 0 Å². The fraction of sp³-hybridized carbons (Fsp3) is 0.188. The standard InChI is InChI=1S/C16H15N3O2/c1-11-3-4-16(21-2)12(7-11)8-15(20)13-9-18-19-6-5-17-10-14(13)19/h3-7,9-10H,8H2,1-2H3. The predicted molar refractivity (Wildman–Crippen MR) is 78.8 cm³/mol. The first kappa shape index (κ1) is 13.3. The van der Waals surface area contributed by atoms with E-state index in [1.54, 1.807) is 36.4 Å². The van der Waals surface area contributed by atoms with Gasteiger partial charge in [0.1, 0.15) is 5.75 Å². The zero-order valence-corrected chi connectivity index (χ0v) is 11.9. The summed E-state index contributed by atoms with van der Waals surface area (Å²) in [4.78, 5) is 16.6. The fourth-order valence-electron chi connectivity index (χ4n) is 2.36. The van der Waals surface area contributed by atoms with Crippen LogP contribution < -0.4 is 4.74 Å². The van der Waals surface area contributed by atoms with Gasteiger partial charge in [0.15, 0.2) is 5.78 Å². The Hall–Kier alpha value is -2.69. The molecule has 0 bridgehead atoms. The van der Waals surface area contributed by atoms with Crippen LogP contribution in [0.3, 0.4) is 0 Å². The van der Waals surface area contributed by atoms with E-state index in [-0.39, 0.29) is 12.2 Å². The molecule has 0 fully saturated rings. The average Bonchev–Trinajstić information content (AvgIpc) is 2.91. The van der Waals surface area contributed by atoms with E-state index in [9.17, 15) is 4.79 Å². The Labute approximate surface area is 122 Å². The summed E-state index contributed by atoms with van der Waals surface area (Å²) in [6.07, 6.45) is 6.87. The van der Waals surface area contributed by atoms with E-state index in [1.165, 1.54) is 0 Å². The molecule has 0 aliphatic carbocycles. The van der Waals surface area contributed by atoms with Crippen LogP contribution >= 0.6 is 0 Å². The van der Waals surface area contributed by atoms with Gasteiger partial charge in [-0.05, 0) is 13.0 Å². The summed E-state index contributed by atoms with van der Waals surface area (Å²) in [6, 6.07) is 5.82. The number of methoxy groups -OCH3 is 1. The molecule has 5 heteroatoms. The molecule has 3 aromatic rings. The number of fused-ring (bicyclic) bond motifs is 1. The molecule has 0 unspecified atom stereocenters. The van der Waals surface area contributed by atoms with Crippen molar-refractivity contribution in [3.63, 3.8) is 0 Å². The number of carbonyl (C=O) groups is 1. The molecule has 0 aliphatic rings. The summed E-state index contributed by atoms with van der Waals surface area (Å²) in [7, 11) is 1.61. The predicted octanol–water partition coefficient (Wildman–Crippen LogP) is 2.47. The van der Waals surface area contributed by atoms with Gasteiger partial charge in [-0.15, -0.1) is 0 Å². The number of nitrogens with zero attached hydrogens (tertiary/aromatic N) is 3. The third kappa shape index (κ3) is 2.50. The van der Waals surface area contributed by atoms with Gasteiger partial charge in [0.25, 0.3) is 0 Å². The van der Waals surface area contributed by atoms with Crippen LogP contribution in [0.5, 0.6) is 5.75 Å². The highest BCUT2D eigenvalue weighted by Gasteiger charge is 2.15. The van der Waals surface area contributed by atoms with Crippen molar-refractivity contribution >= 4 is 11.3 Å². The molecular weight excluding hydrogens is 266 g/mol. The molecular formula is C16H15N3O2. The van der Waals surface area contributed by atoms with Crippen molar-refractivity contribution in [3.05, 3.63) is 59.7 Å². The molecule has 3 rings (SSSR count). The largest absolute Gasteiger partial charge is 0.496 e. The van der Waals surface area contributed by atoms with Gasteiger partial charge >= 0.3 is 0 Å². The molecule has 106 valence electrons. The zero-order chi connectivity index (χ0) is 14.8. The van der Waals surface area contributed by atoms with Gasteiger partial charge in [-0.1, -0.05) is 17.7 Å². The van der Waals surface area contributed by atoms with Crippen LogP contribution in [0.2, 0.25) is 0 Å². The van der Waals surface area contributed by atoms with E-state index in [4.69, 9.17) is 4.74 Å². The number of hydrogen-bond acceptors (Lipinski definition) is 4. The minimum absolute atomic E-state index is 0.00176. The number of aromatic nitrogens is 3. The van der Waals surface area contributed by atoms with Crippen molar-refractivity contribution < 1.29 is 9.53 Å². The number of ketones is 1. The van der Waals surface area contributed by atoms with Crippen molar-refractivity contribution in [1.82, 2.24) is 14.6 Å². The molecule has 0 radical (unpaired) electrons. The second-order valence-corrected chi connectivity index (χ2v) is 4.88. The summed E-state index contributed by atoms with van der Waals surface area (Å²) in [5, 5.41) is 4.17. The quantitative estimate of drug-likeness (QED) is 0.689. The van der Waals surface area contributed by atoms with Crippen LogP contribution in [0.15, 0.2) is 43.0 Å². The van der Waals surface area contributed by atoms with E-state index in [0.717, 1.165) is 16.9 Å². The maximum absolute atomic E-state index is 12.5. The highest BCUT2D eigenvalue weighted by molar-refractivity contribution is 6.03. The maximum atomic E-state index is 12.5. The van der Waals surface area contributed by atoms with Gasteiger partial charge in [0.2, 0.25) is 0 Å². The Morgan fingerprint density at radius 1 is 1.33 bits per heavy atom. The van der Waals surface area contributed by atoms with Crippen LogP contribution in [0.25, 0.3) is 5.52 Å². The number of carbonyl (C=O) groups excluding carboxylic acids is 1. The van der Waals surface area contributed by atoms with E-state index in [1.807, 2.05) is 25.1 Å². The molecule has 21 heavy (non-hydrogen) atoms. The van der Waals surface area contributed by atoms with Gasteiger partial charge in [0, 0.05) is 24.4 Å². The highest BCUT2D eigenvalue weighted by atomic mass is 16.5. The van der Waals surface area contributed by atoms with Crippen LogP contribution in [-0.2, 0) is 6.42 Å². The Morgan fingerprint density at radius 2 is 2.19 bits per heavy atom. The first-order chi connectivity index (χ1) is 10.2. The lowest BCUT2D eigenvalue weighted by Gasteiger charge is -2.08. The van der Waals surface area contributed by atoms with Crippen LogP contribution in [0.4, 0.5) is 0 Å². The lowest BCUT2D eigenvalue weighted by molar-refractivity contribution is 0.0993. The number of hydrogen-bond donors (Lipinski definition) is 0. The lowest BCUT2D eigenvalue weighted by atomic mass is 10.0. The van der Waals surface area contributed by atoms with Crippen LogP contribution in [0.1, 0.15) is 21.5 Å². The van der Waals surface area contributed by atoms with Crippen LogP contribution in [0, 0.1) is 6.92 Å². The van der Waals surface area contributed by atoms with Crippen molar-refractivity contribution in [2.24, 2.45) is 0 Å². The molecule has 0 atom stereocenters. The maximum Gasteiger partial charge on any atom is 0.171 e. The van der Waals surface area contributed by atoms with E-state index in [0.29, 0.717) is 11.1 Å². The molecule has 0 spiro atoms. The van der Waals surface area contributed by atoms with E-state index < -0.39 is 0 Å². The van der Waals surface area contributed by atoms with Gasteiger partial charge in [0.05, 0.1) is 30.6 Å². The topological polar surface area (TPSA) is 56.5 Å². The zero-order valence-electron chi connectivity index (χ0n) is 11.9. The molecule has 0 aliphatic heterocycles. The second-order valence-electron chi connectivity index (χ2n) is 4.88. The van der Waals surface area contributed by atoms with Gasteiger partial charge in [-0.2, -0.15) is 5.10 Å². The van der Waals surface area contributed by atoms with Crippen molar-refractivity contribution in [1.29, 1.82) is 0 Å². The molecule has 2 heterocycles. The molecule has 1 aromatic carbocycles. The summed E-state index contributed by atoms with van der Waals surface area (Å²) in [5.74, 6) is 0.727. The monoisotopic (exact) mass is 281 g/mol. The number of ether oxygens (including phenoxy) is 1. The summed E-state index contributed by atoms with van der Waals surface area (Å²) >= 11 is 0. The van der Waals surface area contributed by atoms with Crippen LogP contribution in [-0.4, -0.2) is 27.5 Å². The molecule has 0 saturated heterocycles. The second kappa shape index (κ2) is 5.36. The summed E-state index contributed by atoms with van der Waals surface area (Å²) in [5.41, 5.74) is 3.27. The Morgan fingerprint density at radius 3 is 3.00 bits per heavy atom. The Kier molecular flexibility index (Phi) is 3.39. The Bertz CT molecular complexity index is 808. The number of rotatable bonds is 4. The smallest absolute Gasteiger partial charge is 0.171 e. The minimum Gasteiger partial charge on any atom is -0.496 e. The SMILES string of the molecule is COc1ccc(C)cc1CC(=O)c1cnn2ccncc12. The van der Waals surface area contributed by atoms with Gasteiger partial charge in [-0.3, -0.25) is 9.78 Å². The molecule has 5 nitrogen and oxygen atoms in total. The first-order valence-electron chi connectivity index (χ1n) is 6.63. The van der Waals surface area contributed by atoms with Crippen molar-refractivity contribution in [2.45, 2.75) is 13.3 Å². The average molecular weight is 281 g/mol. The highest BCUT2D eigenvalue weighted by Crippen LogP contribution is 2.22. The molecule has 2 aromatic heterocycles. The first-order valence-corrected chi connectivity index (χ1v) is 6.63. The van der Waals surface area contributed by atoms with Crippen molar-refractivity contribution in [3.8, 4) is 5.75 Å². The third-order valence-corrected chi connectivity index (χ3v) is 3.41. The van der Waals surface area contributed by atoms with E-state index in [2.05, 4.69) is 10.1 Å². The Balaban J connectivity index is 1.95.